The number of aryl methyl sites for hydroxylation is 1. The minimum absolute atomic E-state index is 0.0577. The van der Waals surface area contributed by atoms with Gasteiger partial charge >= 0.3 is 5.97 Å². The van der Waals surface area contributed by atoms with Gasteiger partial charge in [0.05, 0.1) is 17.4 Å². The van der Waals surface area contributed by atoms with Crippen LogP contribution in [0.3, 0.4) is 0 Å². The first kappa shape index (κ1) is 29.0. The summed E-state index contributed by atoms with van der Waals surface area (Å²) in [4.78, 5) is 33.8. The number of nitrogens with zero attached hydrogens (tertiary/aromatic N) is 2. The van der Waals surface area contributed by atoms with Crippen LogP contribution in [0.4, 0.5) is 5.69 Å². The molecule has 2 aliphatic rings. The first-order valence-corrected chi connectivity index (χ1v) is 15.6. The molecule has 3 atom stereocenters. The molecule has 1 aliphatic heterocycles. The summed E-state index contributed by atoms with van der Waals surface area (Å²) in [6, 6.07) is 32.3. The van der Waals surface area contributed by atoms with Crippen molar-refractivity contribution in [2.75, 3.05) is 11.9 Å². The minimum atomic E-state index is -0.981. The number of aliphatic carboxylic acids is 1. The third-order valence-corrected chi connectivity index (χ3v) is 9.01. The quantitative estimate of drug-likeness (QED) is 0.193. The number of para-hydroxylation sites is 1. The van der Waals surface area contributed by atoms with Gasteiger partial charge in [-0.15, -0.1) is 0 Å². The number of rotatable bonds is 9. The van der Waals surface area contributed by atoms with E-state index in [4.69, 9.17) is 4.99 Å². The number of likely N-dealkylation sites (tertiary alicyclic amines) is 1. The Morgan fingerprint density at radius 1 is 0.930 bits per heavy atom. The van der Waals surface area contributed by atoms with Crippen molar-refractivity contribution < 1.29 is 14.7 Å². The normalized spacial score (nSPS) is 19.1. The Labute approximate surface area is 260 Å². The molecular formula is C36H34BrN3O3. The third kappa shape index (κ3) is 6.48. The average Bonchev–Trinajstić information content (AvgIpc) is 3.66. The van der Waals surface area contributed by atoms with Crippen LogP contribution in [0, 0.1) is 0 Å². The van der Waals surface area contributed by atoms with Crippen molar-refractivity contribution in [2.24, 2.45) is 4.99 Å². The highest BCUT2D eigenvalue weighted by Crippen LogP contribution is 2.39. The van der Waals surface area contributed by atoms with E-state index in [2.05, 4.69) is 44.3 Å². The van der Waals surface area contributed by atoms with Crippen LogP contribution in [0.1, 0.15) is 53.0 Å². The molecule has 0 bridgehead atoms. The monoisotopic (exact) mass is 635 g/mol. The van der Waals surface area contributed by atoms with E-state index in [1.807, 2.05) is 84.9 Å². The maximum atomic E-state index is 13.7. The van der Waals surface area contributed by atoms with Crippen molar-refractivity contribution in [3.63, 3.8) is 0 Å². The first-order chi connectivity index (χ1) is 21.0. The number of carboxylic acids is 1. The molecule has 1 heterocycles. The molecule has 6 nitrogen and oxygen atoms in total. The lowest BCUT2D eigenvalue weighted by Crippen LogP contribution is -2.39. The molecule has 2 N–H and O–H groups in total. The van der Waals surface area contributed by atoms with Crippen LogP contribution in [-0.4, -0.2) is 46.2 Å². The largest absolute Gasteiger partial charge is 0.480 e. The highest BCUT2D eigenvalue weighted by Gasteiger charge is 2.36. The molecule has 218 valence electrons. The smallest absolute Gasteiger partial charge is 0.329 e. The zero-order valence-electron chi connectivity index (χ0n) is 23.8. The van der Waals surface area contributed by atoms with Crippen molar-refractivity contribution in [2.45, 2.75) is 50.2 Å². The summed E-state index contributed by atoms with van der Waals surface area (Å²) >= 11 is 3.56. The highest BCUT2D eigenvalue weighted by atomic mass is 79.9. The number of carbonyl (C=O) groups excluding carboxylic acids is 1. The number of hydrogen-bond donors (Lipinski definition) is 2. The highest BCUT2D eigenvalue weighted by molar-refractivity contribution is 9.10. The Hall–Kier alpha value is -4.07. The Morgan fingerprint density at radius 3 is 2.42 bits per heavy atom. The Balaban J connectivity index is 1.34. The number of fused-ring (bicyclic) bond motifs is 1. The predicted molar refractivity (Wildman–Crippen MR) is 174 cm³/mol. The van der Waals surface area contributed by atoms with Crippen LogP contribution in [0.15, 0.2) is 113 Å². The van der Waals surface area contributed by atoms with E-state index in [-0.39, 0.29) is 17.9 Å². The lowest BCUT2D eigenvalue weighted by Gasteiger charge is -2.25. The van der Waals surface area contributed by atoms with Gasteiger partial charge in [0.2, 0.25) is 5.91 Å². The molecule has 0 spiro atoms. The van der Waals surface area contributed by atoms with E-state index in [0.717, 1.165) is 48.0 Å². The molecule has 43 heavy (non-hydrogen) atoms. The van der Waals surface area contributed by atoms with Crippen molar-refractivity contribution in [3.8, 4) is 0 Å². The van der Waals surface area contributed by atoms with Crippen LogP contribution in [-0.2, 0) is 22.6 Å². The predicted octanol–water partition coefficient (Wildman–Crippen LogP) is 7.07. The van der Waals surface area contributed by atoms with Crippen molar-refractivity contribution in [3.05, 3.63) is 135 Å². The SMILES string of the molecule is O=C(O)[C@@H](N=C(c1ccccc1)c1ccccc1NC(=O)[C@@H]1CCCN1Cc1ccccc1)[C@H]1CCc2ccc(Br)cc21. The summed E-state index contributed by atoms with van der Waals surface area (Å²) in [6.07, 6.45) is 3.28. The third-order valence-electron chi connectivity index (χ3n) is 8.52. The van der Waals surface area contributed by atoms with Gasteiger partial charge in [-0.25, -0.2) is 4.79 Å². The second kappa shape index (κ2) is 13.1. The van der Waals surface area contributed by atoms with E-state index in [1.54, 1.807) is 0 Å². The van der Waals surface area contributed by atoms with Gasteiger partial charge in [-0.3, -0.25) is 14.7 Å². The van der Waals surface area contributed by atoms with E-state index < -0.39 is 12.0 Å². The molecule has 1 aliphatic carbocycles. The fourth-order valence-corrected chi connectivity index (χ4v) is 6.81. The lowest BCUT2D eigenvalue weighted by molar-refractivity contribution is -0.139. The van der Waals surface area contributed by atoms with Crippen molar-refractivity contribution >= 4 is 39.2 Å². The second-order valence-corrected chi connectivity index (χ2v) is 12.2. The van der Waals surface area contributed by atoms with E-state index in [9.17, 15) is 14.7 Å². The summed E-state index contributed by atoms with van der Waals surface area (Å²) in [5, 5.41) is 13.7. The Kier molecular flexibility index (Phi) is 8.82. The molecule has 7 heteroatoms. The molecule has 1 fully saturated rings. The summed E-state index contributed by atoms with van der Waals surface area (Å²) in [5.41, 5.74) is 6.06. The number of amides is 1. The fraction of sp³-hybridized carbons (Fsp3) is 0.250. The molecule has 6 rings (SSSR count). The average molecular weight is 637 g/mol. The van der Waals surface area contributed by atoms with Gasteiger partial charge < -0.3 is 10.4 Å². The van der Waals surface area contributed by atoms with Crippen LogP contribution in [0.2, 0.25) is 0 Å². The fourth-order valence-electron chi connectivity index (χ4n) is 6.43. The van der Waals surface area contributed by atoms with Gasteiger partial charge in [0.25, 0.3) is 0 Å². The maximum absolute atomic E-state index is 13.7. The zero-order chi connectivity index (χ0) is 29.8. The molecule has 0 aromatic heterocycles. The first-order valence-electron chi connectivity index (χ1n) is 14.8. The minimum Gasteiger partial charge on any atom is -0.480 e. The van der Waals surface area contributed by atoms with Gasteiger partial charge in [-0.2, -0.15) is 0 Å². The zero-order valence-corrected chi connectivity index (χ0v) is 25.4. The number of anilines is 1. The topological polar surface area (TPSA) is 82.0 Å². The number of nitrogens with one attached hydrogen (secondary N) is 1. The maximum Gasteiger partial charge on any atom is 0.329 e. The second-order valence-electron chi connectivity index (χ2n) is 11.3. The molecule has 4 aromatic carbocycles. The Bertz CT molecular complexity index is 1640. The molecule has 4 aromatic rings. The van der Waals surface area contributed by atoms with Gasteiger partial charge in [0, 0.05) is 28.1 Å². The van der Waals surface area contributed by atoms with Crippen LogP contribution < -0.4 is 5.32 Å². The summed E-state index contributed by atoms with van der Waals surface area (Å²) in [5.74, 6) is -1.27. The van der Waals surface area contributed by atoms with Gasteiger partial charge in [0.15, 0.2) is 6.04 Å². The number of carboxylic acid groups (broad SMARTS) is 1. The van der Waals surface area contributed by atoms with Gasteiger partial charge in [0.1, 0.15) is 0 Å². The van der Waals surface area contributed by atoms with Gasteiger partial charge in [-0.1, -0.05) is 101 Å². The molecule has 1 saturated heterocycles. The van der Waals surface area contributed by atoms with Crippen molar-refractivity contribution in [1.29, 1.82) is 0 Å². The number of hydrogen-bond acceptors (Lipinski definition) is 4. The Morgan fingerprint density at radius 2 is 1.65 bits per heavy atom. The standard InChI is InChI=1S/C36H34BrN3O3/c37-27-19-17-25-18-20-28(30(25)22-27)34(36(42)43)39-33(26-12-5-2-6-13-26)29-14-7-8-15-31(29)38-35(41)32-16-9-21-40(32)23-24-10-3-1-4-11-24/h1-8,10-15,17,19,22,28,32,34H,9,16,18,20-21,23H2,(H,38,41)(H,42,43)/t28-,32-,34-/m0/s1. The lowest BCUT2D eigenvalue weighted by atomic mass is 9.92. The van der Waals surface area contributed by atoms with Gasteiger partial charge in [-0.05, 0) is 67.1 Å². The van der Waals surface area contributed by atoms with E-state index in [1.165, 1.54) is 11.1 Å². The number of halogens is 1. The van der Waals surface area contributed by atoms with Crippen LogP contribution >= 0.6 is 15.9 Å². The molecule has 0 unspecified atom stereocenters. The molecule has 0 saturated carbocycles. The van der Waals surface area contributed by atoms with E-state index >= 15 is 0 Å². The number of benzene rings is 4. The number of aliphatic imine (C=N–C) groups is 1. The molecule has 1 amide bonds. The molecule has 0 radical (unpaired) electrons. The molecular weight excluding hydrogens is 602 g/mol. The summed E-state index contributed by atoms with van der Waals surface area (Å²) in [6.45, 7) is 1.58. The summed E-state index contributed by atoms with van der Waals surface area (Å²) < 4.78 is 0.927. The van der Waals surface area contributed by atoms with Crippen molar-refractivity contribution in [1.82, 2.24) is 4.90 Å². The summed E-state index contributed by atoms with van der Waals surface area (Å²) in [7, 11) is 0. The van der Waals surface area contributed by atoms with E-state index in [0.29, 0.717) is 23.4 Å². The van der Waals surface area contributed by atoms with Crippen LogP contribution in [0.25, 0.3) is 0 Å². The number of carbonyl (C=O) groups is 2. The van der Waals surface area contributed by atoms with Crippen LogP contribution in [0.5, 0.6) is 0 Å².